The van der Waals surface area contributed by atoms with E-state index in [-0.39, 0.29) is 4.90 Å². The third kappa shape index (κ3) is 1.55. The molecule has 2 rings (SSSR count). The number of fused-ring (bicyclic) bond motifs is 1. The van der Waals surface area contributed by atoms with Gasteiger partial charge in [-0.05, 0) is 22.0 Å². The zero-order chi connectivity index (χ0) is 10.3. The molecular weight excluding hydrogens is 268 g/mol. The Morgan fingerprint density at radius 2 is 2.21 bits per heavy atom. The van der Waals surface area contributed by atoms with Crippen LogP contribution in [0.2, 0.25) is 0 Å². The van der Waals surface area contributed by atoms with E-state index in [0.717, 1.165) is 4.47 Å². The van der Waals surface area contributed by atoms with Gasteiger partial charge in [0.25, 0.3) is 0 Å². The molecule has 0 saturated heterocycles. The van der Waals surface area contributed by atoms with Crippen molar-refractivity contribution in [3.63, 3.8) is 0 Å². The van der Waals surface area contributed by atoms with Crippen LogP contribution in [0.5, 0.6) is 0 Å². The number of pyridine rings is 1. The zero-order valence-electron chi connectivity index (χ0n) is 7.28. The van der Waals surface area contributed by atoms with Crippen molar-refractivity contribution < 1.29 is 8.42 Å². The van der Waals surface area contributed by atoms with E-state index in [2.05, 4.69) is 25.9 Å². The van der Waals surface area contributed by atoms with Crippen LogP contribution < -0.4 is 0 Å². The standard InChI is InChI=1S/C8H7BrN2O2S/c1-14(12,13)7-4-11-8-6(7)2-5(9)3-10-8/h2-4H,1H3,(H,10,11). The highest BCUT2D eigenvalue weighted by atomic mass is 79.9. The molecular formula is C8H7BrN2O2S. The first-order valence-electron chi connectivity index (χ1n) is 3.81. The van der Waals surface area contributed by atoms with Gasteiger partial charge < -0.3 is 4.98 Å². The number of nitrogens with one attached hydrogen (secondary N) is 1. The summed E-state index contributed by atoms with van der Waals surface area (Å²) in [5.74, 6) is 0. The highest BCUT2D eigenvalue weighted by Gasteiger charge is 2.14. The summed E-state index contributed by atoms with van der Waals surface area (Å²) >= 11 is 3.25. The monoisotopic (exact) mass is 274 g/mol. The maximum absolute atomic E-state index is 11.4. The molecule has 6 heteroatoms. The molecule has 14 heavy (non-hydrogen) atoms. The van der Waals surface area contributed by atoms with E-state index in [1.807, 2.05) is 0 Å². The van der Waals surface area contributed by atoms with Gasteiger partial charge >= 0.3 is 0 Å². The van der Waals surface area contributed by atoms with E-state index in [9.17, 15) is 8.42 Å². The van der Waals surface area contributed by atoms with E-state index >= 15 is 0 Å². The SMILES string of the molecule is CS(=O)(=O)c1c[nH]c2ncc(Br)cc12. The fourth-order valence-corrected chi connectivity index (χ4v) is 2.42. The van der Waals surface area contributed by atoms with E-state index in [0.29, 0.717) is 11.0 Å². The summed E-state index contributed by atoms with van der Waals surface area (Å²) < 4.78 is 23.5. The summed E-state index contributed by atoms with van der Waals surface area (Å²) in [4.78, 5) is 7.14. The molecule has 4 nitrogen and oxygen atoms in total. The molecule has 0 bridgehead atoms. The van der Waals surface area contributed by atoms with Crippen molar-refractivity contribution in [3.05, 3.63) is 22.9 Å². The fraction of sp³-hybridized carbons (Fsp3) is 0.125. The Hall–Kier alpha value is -0.880. The second-order valence-corrected chi connectivity index (χ2v) is 5.87. The first-order valence-corrected chi connectivity index (χ1v) is 6.49. The molecule has 0 aromatic carbocycles. The van der Waals surface area contributed by atoms with Crippen LogP contribution in [0.25, 0.3) is 11.0 Å². The van der Waals surface area contributed by atoms with Gasteiger partial charge in [-0.2, -0.15) is 0 Å². The molecule has 74 valence electrons. The lowest BCUT2D eigenvalue weighted by molar-refractivity contribution is 0.602. The number of sulfone groups is 1. The second kappa shape index (κ2) is 3.06. The lowest BCUT2D eigenvalue weighted by Gasteiger charge is -1.95. The molecule has 0 saturated carbocycles. The zero-order valence-corrected chi connectivity index (χ0v) is 9.68. The first kappa shape index (κ1) is 9.67. The third-order valence-corrected chi connectivity index (χ3v) is 3.43. The average Bonchev–Trinajstić information content (AvgIpc) is 2.45. The van der Waals surface area contributed by atoms with Gasteiger partial charge in [-0.25, -0.2) is 13.4 Å². The van der Waals surface area contributed by atoms with Crippen molar-refractivity contribution in [3.8, 4) is 0 Å². The van der Waals surface area contributed by atoms with Crippen LogP contribution >= 0.6 is 15.9 Å². The minimum Gasteiger partial charge on any atom is -0.345 e. The number of nitrogens with zero attached hydrogens (tertiary/aromatic N) is 1. The Labute approximate surface area is 89.4 Å². The molecule has 0 spiro atoms. The predicted octanol–water partition coefficient (Wildman–Crippen LogP) is 1.73. The highest BCUT2D eigenvalue weighted by molar-refractivity contribution is 9.10. The van der Waals surface area contributed by atoms with Crippen LogP contribution in [-0.4, -0.2) is 24.6 Å². The topological polar surface area (TPSA) is 62.8 Å². The Morgan fingerprint density at radius 3 is 2.86 bits per heavy atom. The molecule has 0 unspecified atom stereocenters. The second-order valence-electron chi connectivity index (χ2n) is 2.97. The van der Waals surface area contributed by atoms with Crippen molar-refractivity contribution in [1.29, 1.82) is 0 Å². The van der Waals surface area contributed by atoms with E-state index < -0.39 is 9.84 Å². The number of aromatic amines is 1. The van der Waals surface area contributed by atoms with Crippen LogP contribution in [0.15, 0.2) is 27.8 Å². The number of hydrogen-bond acceptors (Lipinski definition) is 3. The molecule has 2 aromatic heterocycles. The van der Waals surface area contributed by atoms with Crippen LogP contribution in [0.3, 0.4) is 0 Å². The molecule has 0 amide bonds. The van der Waals surface area contributed by atoms with Crippen molar-refractivity contribution in [2.24, 2.45) is 0 Å². The maximum Gasteiger partial charge on any atom is 0.177 e. The van der Waals surface area contributed by atoms with E-state index in [1.54, 1.807) is 12.3 Å². The molecule has 0 atom stereocenters. The molecule has 0 aliphatic rings. The average molecular weight is 275 g/mol. The number of H-pyrrole nitrogens is 1. The van der Waals surface area contributed by atoms with Crippen molar-refractivity contribution in [2.75, 3.05) is 6.26 Å². The van der Waals surface area contributed by atoms with Gasteiger partial charge in [-0.1, -0.05) is 0 Å². The van der Waals surface area contributed by atoms with Gasteiger partial charge in [0.2, 0.25) is 0 Å². The third-order valence-electron chi connectivity index (χ3n) is 1.86. The lowest BCUT2D eigenvalue weighted by Crippen LogP contribution is -1.95. The first-order chi connectivity index (χ1) is 6.48. The molecule has 0 radical (unpaired) electrons. The molecule has 0 fully saturated rings. The number of hydrogen-bond donors (Lipinski definition) is 1. The summed E-state index contributed by atoms with van der Waals surface area (Å²) in [5, 5.41) is 0.613. The Balaban J connectivity index is 2.87. The Kier molecular flexibility index (Phi) is 2.11. The normalized spacial score (nSPS) is 12.1. The maximum atomic E-state index is 11.4. The van der Waals surface area contributed by atoms with E-state index in [1.165, 1.54) is 12.5 Å². The predicted molar refractivity (Wildman–Crippen MR) is 56.9 cm³/mol. The van der Waals surface area contributed by atoms with Crippen LogP contribution in [0.4, 0.5) is 0 Å². The Morgan fingerprint density at radius 1 is 1.50 bits per heavy atom. The number of halogens is 1. The lowest BCUT2D eigenvalue weighted by atomic mass is 10.3. The van der Waals surface area contributed by atoms with Crippen LogP contribution in [-0.2, 0) is 9.84 Å². The summed E-state index contributed by atoms with van der Waals surface area (Å²) in [7, 11) is -3.19. The van der Waals surface area contributed by atoms with Gasteiger partial charge in [-0.15, -0.1) is 0 Å². The fourth-order valence-electron chi connectivity index (χ4n) is 1.26. The highest BCUT2D eigenvalue weighted by Crippen LogP contribution is 2.23. The van der Waals surface area contributed by atoms with Crippen LogP contribution in [0, 0.1) is 0 Å². The van der Waals surface area contributed by atoms with Crippen molar-refractivity contribution >= 4 is 36.8 Å². The van der Waals surface area contributed by atoms with Gasteiger partial charge in [0.15, 0.2) is 9.84 Å². The van der Waals surface area contributed by atoms with Crippen LogP contribution in [0.1, 0.15) is 0 Å². The van der Waals surface area contributed by atoms with Gasteiger partial charge in [0, 0.05) is 28.5 Å². The molecule has 0 aliphatic heterocycles. The molecule has 2 aromatic rings. The smallest absolute Gasteiger partial charge is 0.177 e. The van der Waals surface area contributed by atoms with Crippen molar-refractivity contribution in [1.82, 2.24) is 9.97 Å². The summed E-state index contributed by atoms with van der Waals surface area (Å²) in [6, 6.07) is 1.73. The molecule has 0 aliphatic carbocycles. The summed E-state index contributed by atoms with van der Waals surface area (Å²) in [6.45, 7) is 0. The Bertz CT molecular complexity index is 588. The van der Waals surface area contributed by atoms with E-state index in [4.69, 9.17) is 0 Å². The minimum atomic E-state index is -3.19. The number of aromatic nitrogens is 2. The quantitative estimate of drug-likeness (QED) is 0.862. The van der Waals surface area contributed by atoms with Gasteiger partial charge in [-0.3, -0.25) is 0 Å². The molecule has 1 N–H and O–H groups in total. The van der Waals surface area contributed by atoms with Gasteiger partial charge in [0.05, 0.1) is 4.90 Å². The number of rotatable bonds is 1. The largest absolute Gasteiger partial charge is 0.345 e. The summed E-state index contributed by atoms with van der Waals surface area (Å²) in [5.41, 5.74) is 0.577. The van der Waals surface area contributed by atoms with Gasteiger partial charge in [0.1, 0.15) is 5.65 Å². The summed E-state index contributed by atoms with van der Waals surface area (Å²) in [6.07, 6.45) is 4.25. The molecule has 2 heterocycles. The van der Waals surface area contributed by atoms with Crippen molar-refractivity contribution in [2.45, 2.75) is 4.90 Å². The minimum absolute atomic E-state index is 0.279.